The van der Waals surface area contributed by atoms with Gasteiger partial charge in [0, 0.05) is 0 Å². The molecule has 0 saturated carbocycles. The Morgan fingerprint density at radius 1 is 1.40 bits per heavy atom. The first-order chi connectivity index (χ1) is 4.34. The van der Waals surface area contributed by atoms with Crippen LogP contribution in [0, 0.1) is 0 Å². The van der Waals surface area contributed by atoms with Crippen molar-refractivity contribution in [3.63, 3.8) is 0 Å². The molecule has 10 heavy (non-hydrogen) atoms. The van der Waals surface area contributed by atoms with Crippen molar-refractivity contribution in [3.8, 4) is 0 Å². The largest absolute Gasteiger partial charge is 0.639 e. The molecule has 2 nitrogen and oxygen atoms in total. The minimum Gasteiger partial charge on any atom is -0.136 e. The molecule has 6 heteroatoms. The van der Waals surface area contributed by atoms with Crippen molar-refractivity contribution in [3.05, 3.63) is 0 Å². The molecular formula is C4H7F3O2P+. The maximum Gasteiger partial charge on any atom is 0.639 e. The van der Waals surface area contributed by atoms with E-state index in [1.165, 1.54) is 13.8 Å². The van der Waals surface area contributed by atoms with Crippen molar-refractivity contribution in [1.82, 2.24) is 0 Å². The van der Waals surface area contributed by atoms with Crippen LogP contribution in [0.4, 0.5) is 13.2 Å². The van der Waals surface area contributed by atoms with E-state index in [0.717, 1.165) is 0 Å². The first-order valence-corrected chi connectivity index (χ1v) is 3.72. The number of rotatable bonds is 2. The molecular weight excluding hydrogens is 168 g/mol. The summed E-state index contributed by atoms with van der Waals surface area (Å²) >= 11 is 0. The standard InChI is InChI=1S/C4H7F3O2P/c1-3(2)9-10(8)4(5,6)7/h3H,1-2H3/q+1. The second-order valence-electron chi connectivity index (χ2n) is 1.88. The summed E-state index contributed by atoms with van der Waals surface area (Å²) in [6.45, 7) is 2.78. The van der Waals surface area contributed by atoms with Crippen LogP contribution < -0.4 is 0 Å². The third-order valence-electron chi connectivity index (χ3n) is 0.514. The third kappa shape index (κ3) is 3.80. The molecule has 0 rings (SSSR count). The normalized spacial score (nSPS) is 14.0. The van der Waals surface area contributed by atoms with Gasteiger partial charge in [0.15, 0.2) is 0 Å². The molecule has 1 atom stereocenters. The zero-order valence-electron chi connectivity index (χ0n) is 5.47. The maximum absolute atomic E-state index is 11.4. The second-order valence-corrected chi connectivity index (χ2v) is 3.11. The van der Waals surface area contributed by atoms with Gasteiger partial charge < -0.3 is 0 Å². The van der Waals surface area contributed by atoms with Crippen molar-refractivity contribution in [2.24, 2.45) is 0 Å². The lowest BCUT2D eigenvalue weighted by Gasteiger charge is -1.94. The summed E-state index contributed by atoms with van der Waals surface area (Å²) in [7, 11) is -3.51. The SMILES string of the molecule is CC(C)O[P+](=O)C(F)(F)F. The quantitative estimate of drug-likeness (QED) is 0.603. The average molecular weight is 175 g/mol. The fraction of sp³-hybridized carbons (Fsp3) is 1.00. The van der Waals surface area contributed by atoms with Crippen LogP contribution in [-0.2, 0) is 9.09 Å². The molecule has 0 aliphatic rings. The molecule has 0 bridgehead atoms. The van der Waals surface area contributed by atoms with Gasteiger partial charge in [-0.3, -0.25) is 0 Å². The minimum atomic E-state index is -4.72. The fourth-order valence-corrected chi connectivity index (χ4v) is 0.754. The van der Waals surface area contributed by atoms with Gasteiger partial charge in [0.1, 0.15) is 6.10 Å². The van der Waals surface area contributed by atoms with Gasteiger partial charge in [-0.05, 0) is 18.4 Å². The van der Waals surface area contributed by atoms with Crippen LogP contribution >= 0.6 is 8.03 Å². The number of alkyl halides is 3. The fourth-order valence-electron chi connectivity index (χ4n) is 0.251. The number of hydrogen-bond donors (Lipinski definition) is 0. The van der Waals surface area contributed by atoms with Crippen LogP contribution in [0.3, 0.4) is 0 Å². The lowest BCUT2D eigenvalue weighted by Crippen LogP contribution is -2.05. The predicted molar refractivity (Wildman–Crippen MR) is 29.9 cm³/mol. The van der Waals surface area contributed by atoms with Gasteiger partial charge in [0.05, 0.1) is 0 Å². The summed E-state index contributed by atoms with van der Waals surface area (Å²) in [5.74, 6) is -4.72. The highest BCUT2D eigenvalue weighted by Gasteiger charge is 2.56. The van der Waals surface area contributed by atoms with Crippen LogP contribution in [0.1, 0.15) is 13.8 Å². The molecule has 0 N–H and O–H groups in total. The molecule has 0 heterocycles. The zero-order valence-corrected chi connectivity index (χ0v) is 6.37. The van der Waals surface area contributed by atoms with Gasteiger partial charge in [0.2, 0.25) is 0 Å². The number of halogens is 3. The smallest absolute Gasteiger partial charge is 0.136 e. The summed E-state index contributed by atoms with van der Waals surface area (Å²) in [5.41, 5.74) is 0. The van der Waals surface area contributed by atoms with Crippen molar-refractivity contribution in [2.45, 2.75) is 25.9 Å². The van der Waals surface area contributed by atoms with Crippen molar-refractivity contribution in [1.29, 1.82) is 0 Å². The monoisotopic (exact) mass is 175 g/mol. The van der Waals surface area contributed by atoms with Crippen molar-refractivity contribution in [2.75, 3.05) is 0 Å². The van der Waals surface area contributed by atoms with E-state index in [0.29, 0.717) is 0 Å². The van der Waals surface area contributed by atoms with Gasteiger partial charge in [-0.25, -0.2) is 0 Å². The lowest BCUT2D eigenvalue weighted by atomic mass is 10.5. The molecule has 0 fully saturated rings. The molecule has 0 aromatic carbocycles. The van der Waals surface area contributed by atoms with E-state index in [9.17, 15) is 17.7 Å². The summed E-state index contributed by atoms with van der Waals surface area (Å²) in [6, 6.07) is 0. The van der Waals surface area contributed by atoms with E-state index >= 15 is 0 Å². The van der Waals surface area contributed by atoms with E-state index in [4.69, 9.17) is 0 Å². The molecule has 0 aliphatic carbocycles. The lowest BCUT2D eigenvalue weighted by molar-refractivity contribution is -0.0551. The van der Waals surface area contributed by atoms with Gasteiger partial charge in [-0.15, -0.1) is 17.7 Å². The van der Waals surface area contributed by atoms with Crippen LogP contribution in [0.25, 0.3) is 0 Å². The minimum absolute atomic E-state index is 0.662. The Morgan fingerprint density at radius 2 is 1.80 bits per heavy atom. The molecule has 0 spiro atoms. The van der Waals surface area contributed by atoms with Crippen LogP contribution in [0.5, 0.6) is 0 Å². The maximum atomic E-state index is 11.4. The van der Waals surface area contributed by atoms with Crippen LogP contribution in [0.15, 0.2) is 0 Å². The summed E-state index contributed by atoms with van der Waals surface area (Å²) in [4.78, 5) is 0. The van der Waals surface area contributed by atoms with E-state index in [2.05, 4.69) is 4.52 Å². The summed E-state index contributed by atoms with van der Waals surface area (Å²) in [6.07, 6.45) is -0.662. The average Bonchev–Trinajstić information content (AvgIpc) is 1.60. The second kappa shape index (κ2) is 3.30. The van der Waals surface area contributed by atoms with Crippen molar-refractivity contribution < 1.29 is 22.3 Å². The Balaban J connectivity index is 3.87. The molecule has 1 unspecified atom stereocenters. The third-order valence-corrected chi connectivity index (χ3v) is 1.54. The first kappa shape index (κ1) is 9.85. The number of hydrogen-bond acceptors (Lipinski definition) is 2. The Hall–Kier alpha value is -0.150. The van der Waals surface area contributed by atoms with Gasteiger partial charge in [-0.1, -0.05) is 0 Å². The van der Waals surface area contributed by atoms with Crippen LogP contribution in [-0.4, -0.2) is 12.0 Å². The Bertz CT molecular complexity index is 131. The highest BCUT2D eigenvalue weighted by molar-refractivity contribution is 7.40. The Labute approximate surface area is 57.2 Å². The molecule has 0 aromatic heterocycles. The summed E-state index contributed by atoms with van der Waals surface area (Å²) < 4.78 is 48.3. The Kier molecular flexibility index (Phi) is 3.25. The molecule has 60 valence electrons. The first-order valence-electron chi connectivity index (χ1n) is 2.55. The van der Waals surface area contributed by atoms with Gasteiger partial charge in [0.25, 0.3) is 0 Å². The molecule has 0 radical (unpaired) electrons. The topological polar surface area (TPSA) is 26.3 Å². The highest BCUT2D eigenvalue weighted by atomic mass is 31.1. The highest BCUT2D eigenvalue weighted by Crippen LogP contribution is 2.44. The molecule has 0 saturated heterocycles. The predicted octanol–water partition coefficient (Wildman–Crippen LogP) is 2.67. The van der Waals surface area contributed by atoms with E-state index in [-0.39, 0.29) is 0 Å². The Morgan fingerprint density at radius 3 is 1.90 bits per heavy atom. The molecule has 0 aromatic rings. The van der Waals surface area contributed by atoms with Gasteiger partial charge in [-0.2, -0.15) is 0 Å². The zero-order chi connectivity index (χ0) is 8.36. The van der Waals surface area contributed by atoms with E-state index < -0.39 is 20.0 Å². The van der Waals surface area contributed by atoms with Crippen molar-refractivity contribution >= 4 is 8.03 Å². The van der Waals surface area contributed by atoms with Gasteiger partial charge >= 0.3 is 13.9 Å². The van der Waals surface area contributed by atoms with Crippen LogP contribution in [0.2, 0.25) is 0 Å². The summed E-state index contributed by atoms with van der Waals surface area (Å²) in [5, 5.41) is 0. The van der Waals surface area contributed by atoms with E-state index in [1.54, 1.807) is 0 Å². The molecule has 0 amide bonds. The molecule has 0 aliphatic heterocycles. The van der Waals surface area contributed by atoms with E-state index in [1.807, 2.05) is 0 Å².